The van der Waals surface area contributed by atoms with Crippen LogP contribution in [-0.2, 0) is 0 Å². The SMILES string of the molecule is Cl.ClC(/N=c1/nc(-c2ccccc2)n(-c2ccccc2)s1)C(Cl)(Cl)Cl. The first-order valence-corrected chi connectivity index (χ1v) is 9.25. The van der Waals surface area contributed by atoms with Gasteiger partial charge in [-0.15, -0.1) is 12.4 Å². The van der Waals surface area contributed by atoms with E-state index in [9.17, 15) is 0 Å². The van der Waals surface area contributed by atoms with Crippen LogP contribution in [0.3, 0.4) is 0 Å². The Balaban J connectivity index is 0.00000225. The van der Waals surface area contributed by atoms with Gasteiger partial charge in [0.25, 0.3) is 0 Å². The number of para-hydroxylation sites is 1. The van der Waals surface area contributed by atoms with Crippen LogP contribution in [0, 0.1) is 0 Å². The van der Waals surface area contributed by atoms with Gasteiger partial charge >= 0.3 is 0 Å². The Morgan fingerprint density at radius 3 is 2.08 bits per heavy atom. The number of benzene rings is 2. The van der Waals surface area contributed by atoms with E-state index in [0.29, 0.717) is 4.80 Å². The van der Waals surface area contributed by atoms with E-state index in [4.69, 9.17) is 46.4 Å². The van der Waals surface area contributed by atoms with Gasteiger partial charge in [-0.25, -0.2) is 8.95 Å². The van der Waals surface area contributed by atoms with Gasteiger partial charge in [-0.2, -0.15) is 4.98 Å². The third kappa shape index (κ3) is 5.13. The van der Waals surface area contributed by atoms with Crippen molar-refractivity contribution in [1.29, 1.82) is 0 Å². The summed E-state index contributed by atoms with van der Waals surface area (Å²) in [5, 5.41) is 0. The van der Waals surface area contributed by atoms with E-state index >= 15 is 0 Å². The molecule has 1 aromatic heterocycles. The number of hydrogen-bond donors (Lipinski definition) is 0. The van der Waals surface area contributed by atoms with E-state index < -0.39 is 9.29 Å². The molecule has 0 aliphatic carbocycles. The maximum atomic E-state index is 6.04. The number of aromatic nitrogens is 2. The van der Waals surface area contributed by atoms with Crippen molar-refractivity contribution in [3.8, 4) is 17.1 Å². The van der Waals surface area contributed by atoms with Crippen molar-refractivity contribution in [2.75, 3.05) is 0 Å². The van der Waals surface area contributed by atoms with Gasteiger partial charge in [-0.3, -0.25) is 0 Å². The molecule has 1 atom stereocenters. The largest absolute Gasteiger partial charge is 0.246 e. The Morgan fingerprint density at radius 2 is 1.52 bits per heavy atom. The van der Waals surface area contributed by atoms with Crippen LogP contribution in [0.25, 0.3) is 17.1 Å². The molecule has 3 rings (SSSR count). The van der Waals surface area contributed by atoms with Crippen LogP contribution in [0.2, 0.25) is 0 Å². The summed E-state index contributed by atoms with van der Waals surface area (Å²) in [5.74, 6) is 0.749. The minimum absolute atomic E-state index is 0. The quantitative estimate of drug-likeness (QED) is 0.359. The van der Waals surface area contributed by atoms with Crippen LogP contribution in [0.5, 0.6) is 0 Å². The minimum atomic E-state index is -1.70. The average Bonchev–Trinajstić information content (AvgIpc) is 2.99. The molecule has 0 amide bonds. The summed E-state index contributed by atoms with van der Waals surface area (Å²) >= 11 is 24.7. The number of rotatable bonds is 3. The molecule has 3 aromatic rings. The zero-order valence-electron chi connectivity index (χ0n) is 12.5. The fourth-order valence-corrected chi connectivity index (χ4v) is 3.21. The molecular weight excluding hydrogens is 444 g/mol. The zero-order valence-corrected chi connectivity index (χ0v) is 17.2. The standard InChI is InChI=1S/C16H11Cl4N3S.ClH/c17-14(16(18,19)20)22-15-21-13(11-7-3-1-4-8-11)23(24-15)12-9-5-2-6-10-12;/h1-10,14H;1H/b22-15-;. The van der Waals surface area contributed by atoms with Crippen molar-refractivity contribution < 1.29 is 0 Å². The maximum Gasteiger partial charge on any atom is 0.226 e. The van der Waals surface area contributed by atoms with Crippen molar-refractivity contribution in [1.82, 2.24) is 8.94 Å². The fraction of sp³-hybridized carbons (Fsp3) is 0.125. The first-order chi connectivity index (χ1) is 11.4. The Bertz CT molecular complexity index is 812. The third-order valence-corrected chi connectivity index (χ3v) is 5.39. The number of alkyl halides is 4. The third-order valence-electron chi connectivity index (χ3n) is 3.08. The lowest BCUT2D eigenvalue weighted by molar-refractivity contribution is 0.890. The van der Waals surface area contributed by atoms with Crippen molar-refractivity contribution in [2.24, 2.45) is 4.99 Å². The van der Waals surface area contributed by atoms with Gasteiger partial charge < -0.3 is 0 Å². The molecule has 2 aromatic carbocycles. The first kappa shape index (κ1) is 20.6. The highest BCUT2D eigenvalue weighted by Gasteiger charge is 2.30. The fourth-order valence-electron chi connectivity index (χ4n) is 2.01. The molecule has 25 heavy (non-hydrogen) atoms. The van der Waals surface area contributed by atoms with Gasteiger partial charge in [-0.1, -0.05) is 94.9 Å². The molecule has 0 spiro atoms. The molecule has 3 nitrogen and oxygen atoms in total. The van der Waals surface area contributed by atoms with E-state index in [1.54, 1.807) is 0 Å². The highest BCUT2D eigenvalue weighted by molar-refractivity contribution is 7.04. The molecule has 0 N–H and O–H groups in total. The van der Waals surface area contributed by atoms with Gasteiger partial charge in [0, 0.05) is 5.56 Å². The average molecular weight is 456 g/mol. The smallest absolute Gasteiger partial charge is 0.226 e. The summed E-state index contributed by atoms with van der Waals surface area (Å²) in [6.45, 7) is 0. The Kier molecular flexibility index (Phi) is 7.20. The highest BCUT2D eigenvalue weighted by Crippen LogP contribution is 2.34. The van der Waals surface area contributed by atoms with E-state index in [2.05, 4.69) is 9.98 Å². The molecule has 132 valence electrons. The second-order valence-electron chi connectivity index (χ2n) is 4.81. The lowest BCUT2D eigenvalue weighted by Gasteiger charge is -2.11. The zero-order chi connectivity index (χ0) is 17.2. The van der Waals surface area contributed by atoms with Crippen LogP contribution < -0.4 is 4.80 Å². The van der Waals surface area contributed by atoms with E-state index in [1.165, 1.54) is 11.5 Å². The first-order valence-electron chi connectivity index (χ1n) is 6.91. The minimum Gasteiger partial charge on any atom is -0.246 e. The molecule has 1 heterocycles. The van der Waals surface area contributed by atoms with Crippen LogP contribution in [0.1, 0.15) is 0 Å². The number of nitrogens with zero attached hydrogens (tertiary/aromatic N) is 3. The molecule has 0 saturated heterocycles. The van der Waals surface area contributed by atoms with E-state index in [1.807, 2.05) is 64.6 Å². The van der Waals surface area contributed by atoms with Crippen molar-refractivity contribution in [2.45, 2.75) is 9.29 Å². The highest BCUT2D eigenvalue weighted by atomic mass is 35.6. The number of hydrogen-bond acceptors (Lipinski definition) is 3. The van der Waals surface area contributed by atoms with Gasteiger partial charge in [0.15, 0.2) is 11.3 Å². The summed E-state index contributed by atoms with van der Waals surface area (Å²) < 4.78 is 0.272. The summed E-state index contributed by atoms with van der Waals surface area (Å²) in [7, 11) is 0. The normalized spacial score (nSPS) is 13.4. The lowest BCUT2D eigenvalue weighted by atomic mass is 10.2. The lowest BCUT2D eigenvalue weighted by Crippen LogP contribution is -2.20. The molecule has 0 fully saturated rings. The molecule has 0 saturated carbocycles. The van der Waals surface area contributed by atoms with Gasteiger partial charge in [-0.05, 0) is 23.7 Å². The van der Waals surface area contributed by atoms with Crippen LogP contribution in [0.4, 0.5) is 0 Å². The van der Waals surface area contributed by atoms with E-state index in [0.717, 1.165) is 17.1 Å². The van der Waals surface area contributed by atoms with E-state index in [-0.39, 0.29) is 12.4 Å². The monoisotopic (exact) mass is 453 g/mol. The Hall–Kier alpha value is -0.750. The number of halogens is 5. The van der Waals surface area contributed by atoms with Crippen molar-refractivity contribution >= 4 is 70.3 Å². The summed E-state index contributed by atoms with van der Waals surface area (Å²) in [5.41, 5.74) is 0.899. The van der Waals surface area contributed by atoms with Crippen molar-refractivity contribution in [3.63, 3.8) is 0 Å². The Morgan fingerprint density at radius 1 is 0.960 bits per heavy atom. The van der Waals surface area contributed by atoms with Crippen molar-refractivity contribution in [3.05, 3.63) is 65.5 Å². The Labute approximate surface area is 175 Å². The summed E-state index contributed by atoms with van der Waals surface area (Å²) in [6.07, 6.45) is 0. The van der Waals surface area contributed by atoms with Gasteiger partial charge in [0.1, 0.15) is 0 Å². The van der Waals surface area contributed by atoms with Crippen LogP contribution >= 0.6 is 70.3 Å². The van der Waals surface area contributed by atoms with Crippen LogP contribution in [0.15, 0.2) is 65.7 Å². The molecule has 0 aliphatic rings. The summed E-state index contributed by atoms with van der Waals surface area (Å²) in [4.78, 5) is 9.22. The molecule has 9 heteroatoms. The second-order valence-corrected chi connectivity index (χ2v) is 8.51. The van der Waals surface area contributed by atoms with Gasteiger partial charge in [0.05, 0.1) is 5.69 Å². The molecule has 0 bridgehead atoms. The van der Waals surface area contributed by atoms with Gasteiger partial charge in [0.2, 0.25) is 8.59 Å². The molecule has 0 radical (unpaired) electrons. The second kappa shape index (κ2) is 8.76. The maximum absolute atomic E-state index is 6.04. The molecule has 1 unspecified atom stereocenters. The predicted molar refractivity (Wildman–Crippen MR) is 110 cm³/mol. The van der Waals surface area contributed by atoms with Crippen LogP contribution in [-0.4, -0.2) is 18.2 Å². The topological polar surface area (TPSA) is 30.2 Å². The molecular formula is C16H12Cl5N3S. The summed E-state index contributed by atoms with van der Waals surface area (Å²) in [6, 6.07) is 19.7. The predicted octanol–water partition coefficient (Wildman–Crippen LogP) is 5.86. The molecule has 0 aliphatic heterocycles.